The van der Waals surface area contributed by atoms with Gasteiger partial charge in [-0.05, 0) is 30.5 Å². The molecule has 1 fully saturated rings. The van der Waals surface area contributed by atoms with Crippen LogP contribution < -0.4 is 0 Å². The Hall–Kier alpha value is -1.07. The molecule has 0 heterocycles. The van der Waals surface area contributed by atoms with Gasteiger partial charge in [-0.15, -0.1) is 0 Å². The van der Waals surface area contributed by atoms with E-state index in [1.807, 2.05) is 0 Å². The van der Waals surface area contributed by atoms with Crippen molar-refractivity contribution in [2.45, 2.75) is 23.2 Å². The second-order valence-electron chi connectivity index (χ2n) is 3.85. The van der Waals surface area contributed by atoms with Crippen molar-refractivity contribution in [3.63, 3.8) is 0 Å². The third kappa shape index (κ3) is 1.81. The zero-order valence-corrected chi connectivity index (χ0v) is 9.75. The summed E-state index contributed by atoms with van der Waals surface area (Å²) >= 11 is 0. The highest BCUT2D eigenvalue weighted by molar-refractivity contribution is 8.13. The SMILES string of the molecule is O=C(O)C1(c2ccc(S(=O)(=O)Cl)cc2)CC1. The highest BCUT2D eigenvalue weighted by Gasteiger charge is 2.51. The smallest absolute Gasteiger partial charge is 0.314 e. The lowest BCUT2D eigenvalue weighted by Gasteiger charge is -2.09. The van der Waals surface area contributed by atoms with Crippen molar-refractivity contribution < 1.29 is 18.3 Å². The molecule has 1 aromatic rings. The van der Waals surface area contributed by atoms with Gasteiger partial charge in [0.15, 0.2) is 0 Å². The summed E-state index contributed by atoms with van der Waals surface area (Å²) in [6.07, 6.45) is 1.19. The maximum Gasteiger partial charge on any atom is 0.314 e. The summed E-state index contributed by atoms with van der Waals surface area (Å²) in [5.74, 6) is -0.867. The van der Waals surface area contributed by atoms with Crippen molar-refractivity contribution in [2.24, 2.45) is 0 Å². The number of carbonyl (C=O) groups is 1. The maximum atomic E-state index is 11.0. The summed E-state index contributed by atoms with van der Waals surface area (Å²) in [5.41, 5.74) is -0.182. The van der Waals surface area contributed by atoms with Gasteiger partial charge in [0.1, 0.15) is 0 Å². The maximum absolute atomic E-state index is 11.0. The Bertz CT molecular complexity index is 528. The summed E-state index contributed by atoms with van der Waals surface area (Å²) < 4.78 is 22.0. The Kier molecular flexibility index (Phi) is 2.47. The predicted octanol–water partition coefficient (Wildman–Crippen LogP) is 1.73. The zero-order chi connectivity index (χ0) is 12.0. The number of carboxylic acids is 1. The third-order valence-corrected chi connectivity index (χ3v) is 4.22. The second-order valence-corrected chi connectivity index (χ2v) is 6.42. The highest BCUT2D eigenvalue weighted by Crippen LogP contribution is 2.48. The van der Waals surface area contributed by atoms with Crippen LogP contribution in [0, 0.1) is 0 Å². The van der Waals surface area contributed by atoms with E-state index in [2.05, 4.69) is 0 Å². The Morgan fingerprint density at radius 2 is 1.75 bits per heavy atom. The van der Waals surface area contributed by atoms with Crippen molar-refractivity contribution in [2.75, 3.05) is 0 Å². The third-order valence-electron chi connectivity index (χ3n) is 2.85. The second kappa shape index (κ2) is 3.46. The summed E-state index contributed by atoms with van der Waals surface area (Å²) in [4.78, 5) is 11.0. The molecule has 1 N–H and O–H groups in total. The molecule has 0 unspecified atom stereocenters. The first-order chi connectivity index (χ1) is 7.36. The lowest BCUT2D eigenvalue weighted by atomic mass is 9.96. The molecule has 0 radical (unpaired) electrons. The van der Waals surface area contributed by atoms with Crippen LogP contribution in [0.15, 0.2) is 29.2 Å². The lowest BCUT2D eigenvalue weighted by molar-refractivity contribution is -0.140. The van der Waals surface area contributed by atoms with E-state index < -0.39 is 20.4 Å². The number of aliphatic carboxylic acids is 1. The lowest BCUT2D eigenvalue weighted by Crippen LogP contribution is -2.19. The van der Waals surface area contributed by atoms with Crippen LogP contribution >= 0.6 is 10.7 Å². The van der Waals surface area contributed by atoms with Crippen LogP contribution in [0.2, 0.25) is 0 Å². The van der Waals surface area contributed by atoms with Gasteiger partial charge in [-0.25, -0.2) is 8.42 Å². The Labute approximate surface area is 97.3 Å². The predicted molar refractivity (Wildman–Crippen MR) is 58.0 cm³/mol. The van der Waals surface area contributed by atoms with Gasteiger partial charge >= 0.3 is 5.97 Å². The summed E-state index contributed by atoms with van der Waals surface area (Å²) in [6, 6.07) is 5.69. The molecule has 0 amide bonds. The first kappa shape index (κ1) is 11.4. The average molecular weight is 261 g/mol. The monoisotopic (exact) mass is 260 g/mol. The van der Waals surface area contributed by atoms with Crippen molar-refractivity contribution in [1.82, 2.24) is 0 Å². The number of hydrogen-bond acceptors (Lipinski definition) is 3. The fraction of sp³-hybridized carbons (Fsp3) is 0.300. The topological polar surface area (TPSA) is 71.4 Å². The van der Waals surface area contributed by atoms with E-state index in [1.165, 1.54) is 24.3 Å². The van der Waals surface area contributed by atoms with Crippen molar-refractivity contribution >= 4 is 25.7 Å². The molecule has 0 spiro atoms. The molecule has 0 bridgehead atoms. The molecule has 16 heavy (non-hydrogen) atoms. The number of rotatable bonds is 3. The fourth-order valence-corrected chi connectivity index (χ4v) is 2.46. The van der Waals surface area contributed by atoms with E-state index in [0.29, 0.717) is 18.4 Å². The van der Waals surface area contributed by atoms with Gasteiger partial charge in [-0.2, -0.15) is 0 Å². The quantitative estimate of drug-likeness (QED) is 0.840. The van der Waals surface area contributed by atoms with Crippen LogP contribution in [0.1, 0.15) is 18.4 Å². The minimum Gasteiger partial charge on any atom is -0.481 e. The molecule has 86 valence electrons. The zero-order valence-electron chi connectivity index (χ0n) is 8.18. The minimum atomic E-state index is -3.74. The molecule has 1 saturated carbocycles. The highest BCUT2D eigenvalue weighted by atomic mass is 35.7. The average Bonchev–Trinajstić information content (AvgIpc) is 2.97. The molecule has 0 aliphatic heterocycles. The minimum absolute atomic E-state index is 0.0147. The molecular formula is C10H9ClO4S. The fourth-order valence-electron chi connectivity index (χ4n) is 1.69. The van der Waals surface area contributed by atoms with Gasteiger partial charge in [-0.1, -0.05) is 12.1 Å². The molecule has 4 nitrogen and oxygen atoms in total. The van der Waals surface area contributed by atoms with Crippen LogP contribution in [0.3, 0.4) is 0 Å². The van der Waals surface area contributed by atoms with Gasteiger partial charge in [0, 0.05) is 10.7 Å². The molecule has 1 aliphatic carbocycles. The van der Waals surface area contributed by atoms with Crippen molar-refractivity contribution in [3.05, 3.63) is 29.8 Å². The first-order valence-electron chi connectivity index (χ1n) is 4.65. The molecule has 6 heteroatoms. The molecule has 0 saturated heterocycles. The molecule has 0 aromatic heterocycles. The number of hydrogen-bond donors (Lipinski definition) is 1. The normalized spacial score (nSPS) is 18.1. The number of halogens is 1. The molecule has 0 atom stereocenters. The Morgan fingerprint density at radius 1 is 1.25 bits per heavy atom. The molecule has 1 aliphatic rings. The summed E-state index contributed by atoms with van der Waals surface area (Å²) in [7, 11) is 1.42. The molecule has 2 rings (SSSR count). The van der Waals surface area contributed by atoms with Gasteiger partial charge in [0.2, 0.25) is 0 Å². The van der Waals surface area contributed by atoms with Gasteiger partial charge in [0.25, 0.3) is 9.05 Å². The first-order valence-corrected chi connectivity index (χ1v) is 6.96. The van der Waals surface area contributed by atoms with E-state index in [4.69, 9.17) is 15.8 Å². The van der Waals surface area contributed by atoms with Crippen LogP contribution in [0.4, 0.5) is 0 Å². The van der Waals surface area contributed by atoms with Crippen molar-refractivity contribution in [3.8, 4) is 0 Å². The standard InChI is InChI=1S/C10H9ClO4S/c11-16(14,15)8-3-1-7(2-4-8)10(5-6-10)9(12)13/h1-4H,5-6H2,(H,12,13). The van der Waals surface area contributed by atoms with Gasteiger partial charge < -0.3 is 5.11 Å². The van der Waals surface area contributed by atoms with Gasteiger partial charge in [0.05, 0.1) is 10.3 Å². The summed E-state index contributed by atoms with van der Waals surface area (Å²) in [6.45, 7) is 0. The van der Waals surface area contributed by atoms with Crippen LogP contribution in [0.25, 0.3) is 0 Å². The van der Waals surface area contributed by atoms with E-state index in [1.54, 1.807) is 0 Å². The van der Waals surface area contributed by atoms with Crippen LogP contribution in [-0.2, 0) is 19.3 Å². The van der Waals surface area contributed by atoms with Gasteiger partial charge in [-0.3, -0.25) is 4.79 Å². The number of benzene rings is 1. The van der Waals surface area contributed by atoms with E-state index >= 15 is 0 Å². The van der Waals surface area contributed by atoms with E-state index in [-0.39, 0.29) is 4.90 Å². The van der Waals surface area contributed by atoms with Crippen LogP contribution in [-0.4, -0.2) is 19.5 Å². The van der Waals surface area contributed by atoms with Crippen molar-refractivity contribution in [1.29, 1.82) is 0 Å². The molecule has 1 aromatic carbocycles. The largest absolute Gasteiger partial charge is 0.481 e. The Balaban J connectivity index is 2.38. The number of carboxylic acid groups (broad SMARTS) is 1. The Morgan fingerprint density at radius 3 is 2.06 bits per heavy atom. The molecular weight excluding hydrogens is 252 g/mol. The van der Waals surface area contributed by atoms with E-state index in [9.17, 15) is 13.2 Å². The summed E-state index contributed by atoms with van der Waals surface area (Å²) in [5, 5.41) is 9.04. The van der Waals surface area contributed by atoms with E-state index in [0.717, 1.165) is 0 Å². The van der Waals surface area contributed by atoms with Crippen LogP contribution in [0.5, 0.6) is 0 Å².